The minimum atomic E-state index is -0.164. The van der Waals surface area contributed by atoms with Crippen molar-refractivity contribution in [3.63, 3.8) is 0 Å². The van der Waals surface area contributed by atoms with Crippen LogP contribution in [-0.4, -0.2) is 58.7 Å². The van der Waals surface area contributed by atoms with E-state index >= 15 is 0 Å². The molecule has 0 aliphatic rings. The van der Waals surface area contributed by atoms with Crippen LogP contribution in [0, 0.1) is 6.92 Å². The standard InChI is InChI=1S/C21H25N5O4/c1-6-30-19-11-10-18(23-24-19)26-14(2)16(12-22-26)21(27)25(3)13-15-8-7-9-17(28-4)20(15)29-5/h7-12H,6,13H2,1-5H3. The number of amides is 1. The Kier molecular flexibility index (Phi) is 6.51. The molecule has 2 heterocycles. The van der Waals surface area contributed by atoms with E-state index in [9.17, 15) is 4.79 Å². The molecule has 1 aromatic carbocycles. The predicted molar refractivity (Wildman–Crippen MR) is 110 cm³/mol. The van der Waals surface area contributed by atoms with Crippen molar-refractivity contribution in [3.05, 3.63) is 53.3 Å². The number of nitrogens with zero attached hydrogens (tertiary/aromatic N) is 5. The van der Waals surface area contributed by atoms with Gasteiger partial charge in [0.15, 0.2) is 17.3 Å². The highest BCUT2D eigenvalue weighted by atomic mass is 16.5. The summed E-state index contributed by atoms with van der Waals surface area (Å²) >= 11 is 0. The van der Waals surface area contributed by atoms with Crippen LogP contribution in [0.2, 0.25) is 0 Å². The molecule has 0 radical (unpaired) electrons. The van der Waals surface area contributed by atoms with Crippen LogP contribution in [0.1, 0.15) is 28.5 Å². The van der Waals surface area contributed by atoms with E-state index in [-0.39, 0.29) is 5.91 Å². The summed E-state index contributed by atoms with van der Waals surface area (Å²) in [6.07, 6.45) is 1.54. The first-order valence-corrected chi connectivity index (χ1v) is 9.47. The molecule has 0 saturated carbocycles. The minimum absolute atomic E-state index is 0.164. The first kappa shape index (κ1) is 21.1. The summed E-state index contributed by atoms with van der Waals surface area (Å²) in [5.74, 6) is 2.01. The summed E-state index contributed by atoms with van der Waals surface area (Å²) < 4.78 is 17.7. The first-order valence-electron chi connectivity index (χ1n) is 9.47. The van der Waals surface area contributed by atoms with Crippen molar-refractivity contribution in [1.29, 1.82) is 0 Å². The van der Waals surface area contributed by atoms with Crippen LogP contribution in [0.3, 0.4) is 0 Å². The number of carbonyl (C=O) groups is 1. The second-order valence-electron chi connectivity index (χ2n) is 6.53. The first-order chi connectivity index (χ1) is 14.5. The highest BCUT2D eigenvalue weighted by Crippen LogP contribution is 2.31. The molecule has 0 bridgehead atoms. The topological polar surface area (TPSA) is 91.6 Å². The van der Waals surface area contributed by atoms with Crippen molar-refractivity contribution in [3.8, 4) is 23.2 Å². The van der Waals surface area contributed by atoms with E-state index in [4.69, 9.17) is 14.2 Å². The van der Waals surface area contributed by atoms with Crippen LogP contribution in [-0.2, 0) is 6.54 Å². The fourth-order valence-corrected chi connectivity index (χ4v) is 3.11. The lowest BCUT2D eigenvalue weighted by Crippen LogP contribution is -2.27. The van der Waals surface area contributed by atoms with Crippen LogP contribution in [0.4, 0.5) is 0 Å². The fourth-order valence-electron chi connectivity index (χ4n) is 3.11. The van der Waals surface area contributed by atoms with Gasteiger partial charge < -0.3 is 19.1 Å². The second-order valence-corrected chi connectivity index (χ2v) is 6.53. The van der Waals surface area contributed by atoms with E-state index in [0.29, 0.717) is 47.6 Å². The van der Waals surface area contributed by atoms with E-state index in [2.05, 4.69) is 15.3 Å². The number of rotatable bonds is 8. The molecule has 0 fully saturated rings. The number of carbonyl (C=O) groups excluding carboxylic acids is 1. The van der Waals surface area contributed by atoms with Gasteiger partial charge in [0.25, 0.3) is 5.91 Å². The lowest BCUT2D eigenvalue weighted by Gasteiger charge is -2.20. The SMILES string of the molecule is CCOc1ccc(-n2ncc(C(=O)N(C)Cc3cccc(OC)c3OC)c2C)nn1. The van der Waals surface area contributed by atoms with Gasteiger partial charge in [-0.15, -0.1) is 10.2 Å². The molecule has 1 amide bonds. The molecular formula is C21H25N5O4. The van der Waals surface area contributed by atoms with Crippen molar-refractivity contribution >= 4 is 5.91 Å². The average molecular weight is 411 g/mol. The number of para-hydroxylation sites is 1. The van der Waals surface area contributed by atoms with Gasteiger partial charge in [-0.05, 0) is 26.0 Å². The molecule has 158 valence electrons. The number of ether oxygens (including phenoxy) is 3. The largest absolute Gasteiger partial charge is 0.493 e. The van der Waals surface area contributed by atoms with Gasteiger partial charge in [0.1, 0.15) is 0 Å². The van der Waals surface area contributed by atoms with Crippen LogP contribution < -0.4 is 14.2 Å². The van der Waals surface area contributed by atoms with Gasteiger partial charge in [-0.2, -0.15) is 5.10 Å². The van der Waals surface area contributed by atoms with Crippen LogP contribution >= 0.6 is 0 Å². The normalized spacial score (nSPS) is 10.6. The van der Waals surface area contributed by atoms with E-state index in [1.807, 2.05) is 32.0 Å². The molecule has 0 saturated heterocycles. The van der Waals surface area contributed by atoms with Crippen LogP contribution in [0.25, 0.3) is 5.82 Å². The zero-order valence-electron chi connectivity index (χ0n) is 17.7. The minimum Gasteiger partial charge on any atom is -0.493 e. The van der Waals surface area contributed by atoms with Crippen molar-refractivity contribution in [2.45, 2.75) is 20.4 Å². The van der Waals surface area contributed by atoms with Gasteiger partial charge >= 0.3 is 0 Å². The zero-order valence-corrected chi connectivity index (χ0v) is 17.7. The van der Waals surface area contributed by atoms with Crippen molar-refractivity contribution in [2.75, 3.05) is 27.9 Å². The lowest BCUT2D eigenvalue weighted by molar-refractivity contribution is 0.0783. The molecule has 3 aromatic rings. The molecule has 9 heteroatoms. The number of aromatic nitrogens is 4. The van der Waals surface area contributed by atoms with E-state index < -0.39 is 0 Å². The molecule has 2 aromatic heterocycles. The predicted octanol–water partition coefficient (Wildman–Crippen LogP) is 2.66. The van der Waals surface area contributed by atoms with Gasteiger partial charge in [0, 0.05) is 25.2 Å². The number of methoxy groups -OCH3 is 2. The quantitative estimate of drug-likeness (QED) is 0.563. The Balaban J connectivity index is 1.81. The third kappa shape index (κ3) is 4.19. The van der Waals surface area contributed by atoms with E-state index in [1.165, 1.54) is 6.20 Å². The molecule has 0 unspecified atom stereocenters. The molecule has 0 N–H and O–H groups in total. The molecule has 9 nitrogen and oxygen atoms in total. The fraction of sp³-hybridized carbons (Fsp3) is 0.333. The Morgan fingerprint density at radius 3 is 2.57 bits per heavy atom. The van der Waals surface area contributed by atoms with Crippen LogP contribution in [0.15, 0.2) is 36.5 Å². The Morgan fingerprint density at radius 2 is 1.93 bits per heavy atom. The molecule has 0 aliphatic carbocycles. The third-order valence-electron chi connectivity index (χ3n) is 4.61. The van der Waals surface area contributed by atoms with E-state index in [1.54, 1.807) is 43.0 Å². The Morgan fingerprint density at radius 1 is 1.13 bits per heavy atom. The molecule has 30 heavy (non-hydrogen) atoms. The summed E-state index contributed by atoms with van der Waals surface area (Å²) in [6, 6.07) is 9.04. The van der Waals surface area contributed by atoms with Gasteiger partial charge in [-0.25, -0.2) is 4.68 Å². The molecule has 0 aliphatic heterocycles. The molecule has 3 rings (SSSR count). The Labute approximate surface area is 175 Å². The number of hydrogen-bond acceptors (Lipinski definition) is 7. The van der Waals surface area contributed by atoms with Crippen LogP contribution in [0.5, 0.6) is 17.4 Å². The molecule has 0 spiro atoms. The maximum Gasteiger partial charge on any atom is 0.257 e. The second kappa shape index (κ2) is 9.25. The lowest BCUT2D eigenvalue weighted by atomic mass is 10.1. The summed E-state index contributed by atoms with van der Waals surface area (Å²) in [5, 5.41) is 12.5. The highest BCUT2D eigenvalue weighted by Gasteiger charge is 2.21. The van der Waals surface area contributed by atoms with Gasteiger partial charge in [-0.3, -0.25) is 4.79 Å². The summed E-state index contributed by atoms with van der Waals surface area (Å²) in [5.41, 5.74) is 1.99. The number of hydrogen-bond donors (Lipinski definition) is 0. The smallest absolute Gasteiger partial charge is 0.257 e. The zero-order chi connectivity index (χ0) is 21.7. The Hall–Kier alpha value is -3.62. The van der Waals surface area contributed by atoms with Gasteiger partial charge in [-0.1, -0.05) is 12.1 Å². The number of benzene rings is 1. The molecular weight excluding hydrogens is 386 g/mol. The average Bonchev–Trinajstić information content (AvgIpc) is 3.14. The van der Waals surface area contributed by atoms with E-state index in [0.717, 1.165) is 5.56 Å². The van der Waals surface area contributed by atoms with Crippen molar-refractivity contribution in [2.24, 2.45) is 0 Å². The summed E-state index contributed by atoms with van der Waals surface area (Å²) in [4.78, 5) is 14.7. The molecule has 0 atom stereocenters. The van der Waals surface area contributed by atoms with Gasteiger partial charge in [0.2, 0.25) is 5.88 Å². The third-order valence-corrected chi connectivity index (χ3v) is 4.61. The monoisotopic (exact) mass is 411 g/mol. The Bertz CT molecular complexity index is 1020. The maximum absolute atomic E-state index is 13.1. The van der Waals surface area contributed by atoms with Crippen molar-refractivity contribution < 1.29 is 19.0 Å². The summed E-state index contributed by atoms with van der Waals surface area (Å²) in [7, 11) is 4.89. The maximum atomic E-state index is 13.1. The van der Waals surface area contributed by atoms with Gasteiger partial charge in [0.05, 0.1) is 38.3 Å². The highest BCUT2D eigenvalue weighted by molar-refractivity contribution is 5.95. The summed E-state index contributed by atoms with van der Waals surface area (Å²) in [6.45, 7) is 4.56. The van der Waals surface area contributed by atoms with Crippen molar-refractivity contribution in [1.82, 2.24) is 24.9 Å².